The van der Waals surface area contributed by atoms with Crippen LogP contribution in [0.3, 0.4) is 0 Å². The zero-order valence-corrected chi connectivity index (χ0v) is 17.5. The van der Waals surface area contributed by atoms with Crippen LogP contribution in [0.4, 0.5) is 5.69 Å². The van der Waals surface area contributed by atoms with Gasteiger partial charge in [-0.25, -0.2) is 4.98 Å². The van der Waals surface area contributed by atoms with Crippen molar-refractivity contribution in [2.45, 2.75) is 6.92 Å². The predicted octanol–water partition coefficient (Wildman–Crippen LogP) is 4.55. The first-order valence-corrected chi connectivity index (χ1v) is 9.90. The normalized spacial score (nSPS) is 11.4. The molecule has 0 aliphatic heterocycles. The summed E-state index contributed by atoms with van der Waals surface area (Å²) in [6, 6.07) is 19.2. The van der Waals surface area contributed by atoms with Crippen LogP contribution < -0.4 is 15.6 Å². The molecule has 7 nitrogen and oxygen atoms in total. The van der Waals surface area contributed by atoms with Gasteiger partial charge in [0.05, 0.1) is 18.1 Å². The van der Waals surface area contributed by atoms with Crippen LogP contribution in [0, 0.1) is 6.92 Å². The number of fused-ring (bicyclic) bond motifs is 1. The van der Waals surface area contributed by atoms with E-state index in [0.29, 0.717) is 33.6 Å². The quantitative estimate of drug-likeness (QED) is 0.406. The highest BCUT2D eigenvalue weighted by Gasteiger charge is 2.11. The topological polar surface area (TPSA) is 104 Å². The number of carbonyl (C=O) groups excluding carboxylic acids is 1. The van der Waals surface area contributed by atoms with E-state index in [0.717, 1.165) is 5.56 Å². The smallest absolute Gasteiger partial charge is 0.274 e. The molecule has 4 rings (SSSR count). The third-order valence-electron chi connectivity index (χ3n) is 4.90. The van der Waals surface area contributed by atoms with Crippen LogP contribution in [-0.2, 0) is 0 Å². The van der Waals surface area contributed by atoms with Crippen LogP contribution in [0.1, 0.15) is 27.2 Å². The Morgan fingerprint density at radius 1 is 1.06 bits per heavy atom. The molecule has 0 saturated heterocycles. The molecule has 0 saturated carbocycles. The van der Waals surface area contributed by atoms with E-state index in [4.69, 9.17) is 4.74 Å². The SMILES string of the molecule is COc1cccc(/C(O)=C/c2nc3ccc(C(=O)Nc4cccc(C)c4)cc3[nH]c2=O)c1. The van der Waals surface area contributed by atoms with E-state index in [1.165, 1.54) is 13.2 Å². The number of hydrogen-bond acceptors (Lipinski definition) is 5. The van der Waals surface area contributed by atoms with Gasteiger partial charge in [-0.3, -0.25) is 9.59 Å². The van der Waals surface area contributed by atoms with Crippen molar-refractivity contribution < 1.29 is 14.6 Å². The summed E-state index contributed by atoms with van der Waals surface area (Å²) >= 11 is 0. The molecule has 0 bridgehead atoms. The average molecular weight is 427 g/mol. The van der Waals surface area contributed by atoms with Gasteiger partial charge < -0.3 is 20.1 Å². The number of ether oxygens (including phenoxy) is 1. The Bertz CT molecular complexity index is 1410. The fourth-order valence-corrected chi connectivity index (χ4v) is 3.26. The first-order valence-electron chi connectivity index (χ1n) is 9.90. The second-order valence-corrected chi connectivity index (χ2v) is 7.27. The Balaban J connectivity index is 1.63. The lowest BCUT2D eigenvalue weighted by molar-refractivity contribution is 0.102. The minimum atomic E-state index is -0.483. The van der Waals surface area contributed by atoms with E-state index in [1.807, 2.05) is 31.2 Å². The Morgan fingerprint density at radius 3 is 2.66 bits per heavy atom. The molecule has 0 atom stereocenters. The summed E-state index contributed by atoms with van der Waals surface area (Å²) in [6.45, 7) is 1.94. The minimum absolute atomic E-state index is 0.0507. The van der Waals surface area contributed by atoms with E-state index in [-0.39, 0.29) is 17.4 Å². The summed E-state index contributed by atoms with van der Waals surface area (Å²) in [5.41, 5.74) is 3.08. The van der Waals surface area contributed by atoms with Gasteiger partial charge >= 0.3 is 0 Å². The number of rotatable bonds is 5. The second-order valence-electron chi connectivity index (χ2n) is 7.27. The lowest BCUT2D eigenvalue weighted by Gasteiger charge is -2.07. The third-order valence-corrected chi connectivity index (χ3v) is 4.90. The summed E-state index contributed by atoms with van der Waals surface area (Å²) in [4.78, 5) is 32.2. The molecule has 0 unspecified atom stereocenters. The van der Waals surface area contributed by atoms with Crippen LogP contribution in [0.25, 0.3) is 22.9 Å². The van der Waals surface area contributed by atoms with Crippen LogP contribution in [0.2, 0.25) is 0 Å². The third kappa shape index (κ3) is 4.52. The molecule has 0 spiro atoms. The highest BCUT2D eigenvalue weighted by Crippen LogP contribution is 2.20. The van der Waals surface area contributed by atoms with Gasteiger partial charge in [-0.15, -0.1) is 0 Å². The number of aromatic amines is 1. The van der Waals surface area contributed by atoms with E-state index >= 15 is 0 Å². The Kier molecular flexibility index (Phi) is 5.72. The van der Waals surface area contributed by atoms with E-state index in [1.54, 1.807) is 42.5 Å². The average Bonchev–Trinajstić information content (AvgIpc) is 2.79. The van der Waals surface area contributed by atoms with Crippen molar-refractivity contribution in [2.24, 2.45) is 0 Å². The molecule has 0 radical (unpaired) electrons. The maximum Gasteiger partial charge on any atom is 0.274 e. The van der Waals surface area contributed by atoms with Crippen LogP contribution in [0.15, 0.2) is 71.5 Å². The van der Waals surface area contributed by atoms with Crippen LogP contribution >= 0.6 is 0 Å². The number of aliphatic hydroxyl groups excluding tert-OH is 1. The fraction of sp³-hybridized carbons (Fsp3) is 0.0800. The fourth-order valence-electron chi connectivity index (χ4n) is 3.26. The summed E-state index contributed by atoms with van der Waals surface area (Å²) in [5.74, 6) is 0.174. The molecule has 32 heavy (non-hydrogen) atoms. The Labute approximate surface area is 184 Å². The minimum Gasteiger partial charge on any atom is -0.507 e. The molecule has 4 aromatic rings. The largest absolute Gasteiger partial charge is 0.507 e. The molecule has 160 valence electrons. The number of methoxy groups -OCH3 is 1. The lowest BCUT2D eigenvalue weighted by atomic mass is 10.1. The maximum absolute atomic E-state index is 12.6. The van der Waals surface area contributed by atoms with Gasteiger partial charge in [-0.2, -0.15) is 0 Å². The van der Waals surface area contributed by atoms with Crippen molar-refractivity contribution in [1.29, 1.82) is 0 Å². The number of carbonyl (C=O) groups is 1. The summed E-state index contributed by atoms with van der Waals surface area (Å²) < 4.78 is 5.16. The van der Waals surface area contributed by atoms with Gasteiger partial charge in [-0.05, 0) is 55.0 Å². The van der Waals surface area contributed by atoms with Crippen molar-refractivity contribution in [2.75, 3.05) is 12.4 Å². The first-order chi connectivity index (χ1) is 15.4. The second kappa shape index (κ2) is 8.77. The number of aryl methyl sites for hydroxylation is 1. The summed E-state index contributed by atoms with van der Waals surface area (Å²) in [7, 11) is 1.53. The first kappa shape index (κ1) is 20.9. The van der Waals surface area contributed by atoms with E-state index < -0.39 is 5.56 Å². The van der Waals surface area contributed by atoms with Gasteiger partial charge in [-0.1, -0.05) is 24.3 Å². The van der Waals surface area contributed by atoms with Gasteiger partial charge in [0.15, 0.2) is 0 Å². The Morgan fingerprint density at radius 2 is 1.88 bits per heavy atom. The zero-order chi connectivity index (χ0) is 22.7. The molecule has 3 N–H and O–H groups in total. The number of amides is 1. The number of anilines is 1. The zero-order valence-electron chi connectivity index (χ0n) is 17.5. The summed E-state index contributed by atoms with van der Waals surface area (Å²) in [6.07, 6.45) is 1.30. The number of nitrogens with zero attached hydrogens (tertiary/aromatic N) is 1. The van der Waals surface area contributed by atoms with Crippen molar-refractivity contribution in [1.82, 2.24) is 9.97 Å². The van der Waals surface area contributed by atoms with E-state index in [9.17, 15) is 14.7 Å². The molecule has 1 aromatic heterocycles. The number of benzene rings is 3. The van der Waals surface area contributed by atoms with Crippen LogP contribution in [-0.4, -0.2) is 28.1 Å². The molecule has 1 heterocycles. The highest BCUT2D eigenvalue weighted by molar-refractivity contribution is 6.05. The van der Waals surface area contributed by atoms with Crippen molar-refractivity contribution in [3.05, 3.63) is 99.5 Å². The van der Waals surface area contributed by atoms with Crippen LogP contribution in [0.5, 0.6) is 5.75 Å². The number of H-pyrrole nitrogens is 1. The molecule has 0 aliphatic carbocycles. The molecule has 7 heteroatoms. The monoisotopic (exact) mass is 427 g/mol. The number of nitrogens with one attached hydrogen (secondary N) is 2. The van der Waals surface area contributed by atoms with Gasteiger partial charge in [0.2, 0.25) is 0 Å². The van der Waals surface area contributed by atoms with Gasteiger partial charge in [0.25, 0.3) is 11.5 Å². The van der Waals surface area contributed by atoms with Crippen molar-refractivity contribution in [3.63, 3.8) is 0 Å². The molecule has 3 aromatic carbocycles. The predicted molar refractivity (Wildman–Crippen MR) is 125 cm³/mol. The van der Waals surface area contributed by atoms with Crippen molar-refractivity contribution in [3.8, 4) is 5.75 Å². The van der Waals surface area contributed by atoms with Crippen molar-refractivity contribution >= 4 is 34.5 Å². The Hall–Kier alpha value is -4.39. The van der Waals surface area contributed by atoms with Gasteiger partial charge in [0.1, 0.15) is 17.2 Å². The van der Waals surface area contributed by atoms with Gasteiger partial charge in [0, 0.05) is 22.9 Å². The number of aliphatic hydroxyl groups is 1. The highest BCUT2D eigenvalue weighted by atomic mass is 16.5. The molecular weight excluding hydrogens is 406 g/mol. The lowest BCUT2D eigenvalue weighted by Crippen LogP contribution is -2.14. The standard InChI is InChI=1S/C25H21N3O4/c1-15-5-3-7-18(11-15)26-24(30)17-9-10-20-21(13-17)28-25(31)22(27-20)14-23(29)16-6-4-8-19(12-16)32-2/h3-14,29H,1-2H3,(H,26,30)(H,28,31)/b23-14-. The summed E-state index contributed by atoms with van der Waals surface area (Å²) in [5, 5.41) is 13.3. The molecular formula is C25H21N3O4. The number of aromatic nitrogens is 2. The molecule has 1 amide bonds. The molecule has 0 aliphatic rings. The molecule has 0 fully saturated rings. The maximum atomic E-state index is 12.6. The number of hydrogen-bond donors (Lipinski definition) is 3. The van der Waals surface area contributed by atoms with E-state index in [2.05, 4.69) is 15.3 Å².